The standard InChI is InChI=1S/C15H15N3O3S/c19-15(17-9-13-3-1-2-8-16-13)11-22-10-12-4-6-14(7-5-12)18(20)21/h1-8H,9-11H2,(H,17,19). The number of pyridine rings is 1. The minimum Gasteiger partial charge on any atom is -0.350 e. The molecular formula is C15H15N3O3S. The quantitative estimate of drug-likeness (QED) is 0.626. The first-order chi connectivity index (χ1) is 10.6. The molecule has 0 atom stereocenters. The van der Waals surface area contributed by atoms with E-state index in [0.29, 0.717) is 18.1 Å². The topological polar surface area (TPSA) is 85.1 Å². The van der Waals surface area contributed by atoms with Crippen molar-refractivity contribution in [1.82, 2.24) is 10.3 Å². The van der Waals surface area contributed by atoms with Crippen LogP contribution in [0.15, 0.2) is 48.7 Å². The molecule has 0 aliphatic carbocycles. The van der Waals surface area contributed by atoms with Crippen LogP contribution in [0.2, 0.25) is 0 Å². The minimum absolute atomic E-state index is 0.0578. The summed E-state index contributed by atoms with van der Waals surface area (Å²) in [4.78, 5) is 25.9. The molecule has 0 saturated heterocycles. The van der Waals surface area contributed by atoms with Crippen molar-refractivity contribution in [2.45, 2.75) is 12.3 Å². The SMILES string of the molecule is O=C(CSCc1ccc([N+](=O)[O-])cc1)NCc1ccccn1. The van der Waals surface area contributed by atoms with E-state index in [2.05, 4.69) is 10.3 Å². The van der Waals surface area contributed by atoms with Crippen LogP contribution in [0.4, 0.5) is 5.69 Å². The van der Waals surface area contributed by atoms with E-state index in [1.54, 1.807) is 18.3 Å². The number of aromatic nitrogens is 1. The van der Waals surface area contributed by atoms with Crippen molar-refractivity contribution >= 4 is 23.4 Å². The van der Waals surface area contributed by atoms with Gasteiger partial charge in [0.2, 0.25) is 5.91 Å². The number of non-ortho nitro benzene ring substituents is 1. The van der Waals surface area contributed by atoms with Gasteiger partial charge in [0.25, 0.3) is 5.69 Å². The number of nitrogens with zero attached hydrogens (tertiary/aromatic N) is 2. The fraction of sp³-hybridized carbons (Fsp3) is 0.200. The van der Waals surface area contributed by atoms with Crippen molar-refractivity contribution < 1.29 is 9.72 Å². The summed E-state index contributed by atoms with van der Waals surface area (Å²) >= 11 is 1.46. The van der Waals surface area contributed by atoms with Crippen LogP contribution in [0.25, 0.3) is 0 Å². The van der Waals surface area contributed by atoms with Gasteiger partial charge >= 0.3 is 0 Å². The van der Waals surface area contributed by atoms with E-state index in [1.165, 1.54) is 23.9 Å². The molecule has 7 heteroatoms. The number of hydrogen-bond donors (Lipinski definition) is 1. The smallest absolute Gasteiger partial charge is 0.269 e. The fourth-order valence-electron chi connectivity index (χ4n) is 1.72. The molecule has 6 nitrogen and oxygen atoms in total. The Balaban J connectivity index is 1.69. The first-order valence-electron chi connectivity index (χ1n) is 6.63. The van der Waals surface area contributed by atoms with Gasteiger partial charge < -0.3 is 5.32 Å². The summed E-state index contributed by atoms with van der Waals surface area (Å²) in [6, 6.07) is 11.9. The third-order valence-electron chi connectivity index (χ3n) is 2.84. The molecule has 1 aromatic carbocycles. The summed E-state index contributed by atoms with van der Waals surface area (Å²) in [6.07, 6.45) is 1.69. The third-order valence-corrected chi connectivity index (χ3v) is 3.85. The summed E-state index contributed by atoms with van der Waals surface area (Å²) in [5.41, 5.74) is 1.84. The minimum atomic E-state index is -0.429. The predicted octanol–water partition coefficient (Wildman–Crippen LogP) is 2.54. The van der Waals surface area contributed by atoms with Crippen molar-refractivity contribution in [3.63, 3.8) is 0 Å². The Morgan fingerprint density at radius 2 is 2.00 bits per heavy atom. The van der Waals surface area contributed by atoms with Crippen LogP contribution in [-0.4, -0.2) is 21.6 Å². The molecule has 0 unspecified atom stereocenters. The van der Waals surface area contributed by atoms with E-state index in [1.807, 2.05) is 18.2 Å². The molecule has 0 bridgehead atoms. The summed E-state index contributed by atoms with van der Waals surface area (Å²) in [6.45, 7) is 0.414. The van der Waals surface area contributed by atoms with E-state index in [4.69, 9.17) is 0 Å². The molecule has 1 N–H and O–H groups in total. The molecule has 2 rings (SSSR count). The second kappa shape index (κ2) is 8.14. The highest BCUT2D eigenvalue weighted by molar-refractivity contribution is 7.99. The van der Waals surface area contributed by atoms with Gasteiger partial charge in [0, 0.05) is 24.1 Å². The van der Waals surface area contributed by atoms with E-state index in [0.717, 1.165) is 11.3 Å². The van der Waals surface area contributed by atoms with Gasteiger partial charge in [-0.05, 0) is 17.7 Å². The van der Waals surface area contributed by atoms with Crippen LogP contribution in [0.5, 0.6) is 0 Å². The number of nitro groups is 1. The summed E-state index contributed by atoms with van der Waals surface area (Å²) in [7, 11) is 0. The van der Waals surface area contributed by atoms with Crippen LogP contribution >= 0.6 is 11.8 Å². The normalized spacial score (nSPS) is 10.2. The zero-order valence-corrected chi connectivity index (χ0v) is 12.6. The molecule has 1 aromatic heterocycles. The van der Waals surface area contributed by atoms with Crippen LogP contribution in [-0.2, 0) is 17.1 Å². The predicted molar refractivity (Wildman–Crippen MR) is 85.3 cm³/mol. The fourth-order valence-corrected chi connectivity index (χ4v) is 2.54. The first kappa shape index (κ1) is 16.0. The van der Waals surface area contributed by atoms with Crippen molar-refractivity contribution in [2.24, 2.45) is 0 Å². The lowest BCUT2D eigenvalue weighted by Crippen LogP contribution is -2.25. The van der Waals surface area contributed by atoms with Gasteiger partial charge in [0.15, 0.2) is 0 Å². The average molecular weight is 317 g/mol. The summed E-state index contributed by atoms with van der Waals surface area (Å²) in [5.74, 6) is 0.913. The largest absolute Gasteiger partial charge is 0.350 e. The second-order valence-electron chi connectivity index (χ2n) is 4.51. The van der Waals surface area contributed by atoms with Gasteiger partial charge in [-0.1, -0.05) is 18.2 Å². The van der Waals surface area contributed by atoms with Crippen LogP contribution in [0.1, 0.15) is 11.3 Å². The van der Waals surface area contributed by atoms with Crippen molar-refractivity contribution in [3.8, 4) is 0 Å². The molecule has 2 aromatic rings. The zero-order valence-electron chi connectivity index (χ0n) is 11.8. The molecule has 22 heavy (non-hydrogen) atoms. The highest BCUT2D eigenvalue weighted by atomic mass is 32.2. The molecule has 1 heterocycles. The van der Waals surface area contributed by atoms with Crippen molar-refractivity contribution in [1.29, 1.82) is 0 Å². The Hall–Kier alpha value is -2.41. The van der Waals surface area contributed by atoms with E-state index in [-0.39, 0.29) is 11.6 Å². The van der Waals surface area contributed by atoms with Crippen molar-refractivity contribution in [2.75, 3.05) is 5.75 Å². The van der Waals surface area contributed by atoms with Gasteiger partial charge in [0.05, 0.1) is 22.9 Å². The molecule has 0 saturated carbocycles. The summed E-state index contributed by atoms with van der Waals surface area (Å²) in [5, 5.41) is 13.3. The monoisotopic (exact) mass is 317 g/mol. The highest BCUT2D eigenvalue weighted by Crippen LogP contribution is 2.16. The molecule has 0 fully saturated rings. The van der Waals surface area contributed by atoms with Crippen LogP contribution in [0.3, 0.4) is 0 Å². The number of hydrogen-bond acceptors (Lipinski definition) is 5. The van der Waals surface area contributed by atoms with Crippen LogP contribution < -0.4 is 5.32 Å². The summed E-state index contributed by atoms with van der Waals surface area (Å²) < 4.78 is 0. The van der Waals surface area contributed by atoms with E-state index < -0.39 is 4.92 Å². The highest BCUT2D eigenvalue weighted by Gasteiger charge is 2.05. The Morgan fingerprint density at radius 1 is 1.23 bits per heavy atom. The second-order valence-corrected chi connectivity index (χ2v) is 5.50. The van der Waals surface area contributed by atoms with Gasteiger partial charge in [-0.2, -0.15) is 0 Å². The van der Waals surface area contributed by atoms with Gasteiger partial charge in [-0.15, -0.1) is 11.8 Å². The molecule has 0 radical (unpaired) electrons. The van der Waals surface area contributed by atoms with Gasteiger partial charge in [-0.25, -0.2) is 0 Å². The third kappa shape index (κ3) is 5.17. The number of nitro benzene ring substituents is 1. The number of benzene rings is 1. The first-order valence-corrected chi connectivity index (χ1v) is 7.78. The zero-order chi connectivity index (χ0) is 15.8. The Labute approximate surface area is 132 Å². The lowest BCUT2D eigenvalue weighted by Gasteiger charge is -2.05. The maximum atomic E-state index is 11.7. The Bertz CT molecular complexity index is 632. The van der Waals surface area contributed by atoms with Gasteiger partial charge in [-0.3, -0.25) is 19.9 Å². The average Bonchev–Trinajstić information content (AvgIpc) is 2.54. The number of carbonyl (C=O) groups is 1. The number of carbonyl (C=O) groups excluding carboxylic acids is 1. The van der Waals surface area contributed by atoms with Gasteiger partial charge in [0.1, 0.15) is 0 Å². The maximum Gasteiger partial charge on any atom is 0.269 e. The van der Waals surface area contributed by atoms with Crippen LogP contribution in [0, 0.1) is 10.1 Å². The number of rotatable bonds is 7. The maximum absolute atomic E-state index is 11.7. The number of amides is 1. The molecule has 114 valence electrons. The molecular weight excluding hydrogens is 302 g/mol. The number of thioether (sulfide) groups is 1. The lowest BCUT2D eigenvalue weighted by atomic mass is 10.2. The van der Waals surface area contributed by atoms with E-state index in [9.17, 15) is 14.9 Å². The number of nitrogens with one attached hydrogen (secondary N) is 1. The Morgan fingerprint density at radius 3 is 2.64 bits per heavy atom. The lowest BCUT2D eigenvalue weighted by molar-refractivity contribution is -0.384. The van der Waals surface area contributed by atoms with E-state index >= 15 is 0 Å². The molecule has 0 aliphatic rings. The molecule has 1 amide bonds. The Kier molecular flexibility index (Phi) is 5.91. The molecule has 0 aliphatic heterocycles. The van der Waals surface area contributed by atoms with Crippen molar-refractivity contribution in [3.05, 3.63) is 70.0 Å². The molecule has 0 spiro atoms.